The zero-order valence-electron chi connectivity index (χ0n) is 6.56. The predicted octanol–water partition coefficient (Wildman–Crippen LogP) is -0.0507. The van der Waals surface area contributed by atoms with Gasteiger partial charge in [-0.25, -0.2) is 0 Å². The maximum Gasteiger partial charge on any atom is 0.216 e. The number of hydrogen-bond acceptors (Lipinski definition) is 2. The molecule has 0 aromatic rings. The highest BCUT2D eigenvalue weighted by Crippen LogP contribution is 2.13. The lowest BCUT2D eigenvalue weighted by molar-refractivity contribution is -0.119. The number of carbonyl (C=O) groups is 1. The average Bonchev–Trinajstić information content (AvgIpc) is 2.31. The van der Waals surface area contributed by atoms with Gasteiger partial charge in [0.15, 0.2) is 0 Å². The SMILES string of the molecule is CC(=O)NC[C@H]1CNC[C@@H]1Cl. The molecule has 0 radical (unpaired) electrons. The first kappa shape index (κ1) is 8.81. The fraction of sp³-hybridized carbons (Fsp3) is 0.857. The number of nitrogens with one attached hydrogen (secondary N) is 2. The molecule has 0 aromatic heterocycles. The van der Waals surface area contributed by atoms with Gasteiger partial charge in [-0.2, -0.15) is 0 Å². The van der Waals surface area contributed by atoms with Crippen LogP contribution in [0.1, 0.15) is 6.92 Å². The second-order valence-corrected chi connectivity index (χ2v) is 3.43. The van der Waals surface area contributed by atoms with E-state index in [4.69, 9.17) is 11.6 Å². The number of alkyl halides is 1. The zero-order valence-corrected chi connectivity index (χ0v) is 7.32. The summed E-state index contributed by atoms with van der Waals surface area (Å²) in [6.07, 6.45) is 0. The Morgan fingerprint density at radius 3 is 2.91 bits per heavy atom. The molecular formula is C7H13ClN2O. The van der Waals surface area contributed by atoms with Crippen LogP contribution >= 0.6 is 11.6 Å². The molecule has 0 aliphatic carbocycles. The first-order chi connectivity index (χ1) is 5.20. The first-order valence-electron chi connectivity index (χ1n) is 3.79. The van der Waals surface area contributed by atoms with Crippen molar-refractivity contribution < 1.29 is 4.79 Å². The smallest absolute Gasteiger partial charge is 0.216 e. The van der Waals surface area contributed by atoms with Crippen molar-refractivity contribution in [1.82, 2.24) is 10.6 Å². The van der Waals surface area contributed by atoms with Crippen LogP contribution < -0.4 is 10.6 Å². The van der Waals surface area contributed by atoms with E-state index in [1.54, 1.807) is 0 Å². The molecule has 4 heteroatoms. The summed E-state index contributed by atoms with van der Waals surface area (Å²) in [4.78, 5) is 10.5. The van der Waals surface area contributed by atoms with Crippen molar-refractivity contribution in [3.63, 3.8) is 0 Å². The van der Waals surface area contributed by atoms with Gasteiger partial charge in [-0.3, -0.25) is 4.79 Å². The van der Waals surface area contributed by atoms with Crippen LogP contribution in [0.2, 0.25) is 0 Å². The Morgan fingerprint density at radius 1 is 1.73 bits per heavy atom. The number of amides is 1. The third kappa shape index (κ3) is 2.67. The molecule has 1 amide bonds. The molecule has 64 valence electrons. The van der Waals surface area contributed by atoms with Crippen molar-refractivity contribution in [2.75, 3.05) is 19.6 Å². The average molecular weight is 177 g/mol. The molecule has 11 heavy (non-hydrogen) atoms. The van der Waals surface area contributed by atoms with Crippen molar-refractivity contribution in [3.05, 3.63) is 0 Å². The summed E-state index contributed by atoms with van der Waals surface area (Å²) >= 11 is 5.95. The molecule has 1 aliphatic rings. The van der Waals surface area contributed by atoms with Gasteiger partial charge in [0.05, 0.1) is 5.38 Å². The molecule has 1 heterocycles. The predicted molar refractivity (Wildman–Crippen MR) is 44.7 cm³/mol. The minimum atomic E-state index is 0.0146. The number of rotatable bonds is 2. The molecule has 0 aromatic carbocycles. The largest absolute Gasteiger partial charge is 0.356 e. The maximum absolute atomic E-state index is 10.5. The first-order valence-corrected chi connectivity index (χ1v) is 4.23. The van der Waals surface area contributed by atoms with Gasteiger partial charge in [0.25, 0.3) is 0 Å². The van der Waals surface area contributed by atoms with Crippen LogP contribution in [0.4, 0.5) is 0 Å². The molecule has 2 N–H and O–H groups in total. The summed E-state index contributed by atoms with van der Waals surface area (Å²) in [5.74, 6) is 0.404. The van der Waals surface area contributed by atoms with Gasteiger partial charge in [0, 0.05) is 32.5 Å². The van der Waals surface area contributed by atoms with Crippen molar-refractivity contribution >= 4 is 17.5 Å². The van der Waals surface area contributed by atoms with Crippen LogP contribution in [-0.2, 0) is 4.79 Å². The molecule has 3 nitrogen and oxygen atoms in total. The van der Waals surface area contributed by atoms with Gasteiger partial charge in [0.2, 0.25) is 5.91 Å². The minimum absolute atomic E-state index is 0.0146. The highest BCUT2D eigenvalue weighted by Gasteiger charge is 2.24. The zero-order chi connectivity index (χ0) is 8.27. The fourth-order valence-electron chi connectivity index (χ4n) is 1.18. The Balaban J connectivity index is 2.20. The van der Waals surface area contributed by atoms with E-state index in [1.807, 2.05) is 0 Å². The van der Waals surface area contributed by atoms with Crippen molar-refractivity contribution in [1.29, 1.82) is 0 Å². The molecular weight excluding hydrogens is 164 g/mol. The fourth-order valence-corrected chi connectivity index (χ4v) is 1.46. The van der Waals surface area contributed by atoms with E-state index in [0.29, 0.717) is 12.5 Å². The molecule has 0 bridgehead atoms. The Bertz CT molecular complexity index is 151. The molecule has 1 aliphatic heterocycles. The molecule has 1 saturated heterocycles. The number of hydrogen-bond donors (Lipinski definition) is 2. The van der Waals surface area contributed by atoms with Gasteiger partial charge in [0.1, 0.15) is 0 Å². The minimum Gasteiger partial charge on any atom is -0.356 e. The quantitative estimate of drug-likeness (QED) is 0.580. The highest BCUT2D eigenvalue weighted by atomic mass is 35.5. The summed E-state index contributed by atoms with van der Waals surface area (Å²) < 4.78 is 0. The monoisotopic (exact) mass is 176 g/mol. The van der Waals surface area contributed by atoms with Crippen LogP contribution in [0.3, 0.4) is 0 Å². The van der Waals surface area contributed by atoms with Crippen LogP contribution in [0.15, 0.2) is 0 Å². The van der Waals surface area contributed by atoms with E-state index in [2.05, 4.69) is 10.6 Å². The summed E-state index contributed by atoms with van der Waals surface area (Å²) in [5.41, 5.74) is 0. The third-order valence-corrected chi connectivity index (χ3v) is 2.38. The lowest BCUT2D eigenvalue weighted by atomic mass is 10.1. The Kier molecular flexibility index (Phi) is 3.15. The molecule has 2 atom stereocenters. The molecule has 0 saturated carbocycles. The summed E-state index contributed by atoms with van der Waals surface area (Å²) in [6.45, 7) is 3.97. The third-order valence-electron chi connectivity index (χ3n) is 1.87. The van der Waals surface area contributed by atoms with E-state index < -0.39 is 0 Å². The van der Waals surface area contributed by atoms with Crippen LogP contribution in [0.25, 0.3) is 0 Å². The topological polar surface area (TPSA) is 41.1 Å². The Labute approximate surface area is 71.5 Å². The van der Waals surface area contributed by atoms with Crippen molar-refractivity contribution in [2.24, 2.45) is 5.92 Å². The van der Waals surface area contributed by atoms with Crippen molar-refractivity contribution in [2.45, 2.75) is 12.3 Å². The van der Waals surface area contributed by atoms with E-state index in [-0.39, 0.29) is 11.3 Å². The Hall–Kier alpha value is -0.280. The molecule has 0 spiro atoms. The second kappa shape index (κ2) is 3.93. The summed E-state index contributed by atoms with van der Waals surface area (Å²) in [6, 6.07) is 0. The van der Waals surface area contributed by atoms with E-state index in [0.717, 1.165) is 13.1 Å². The van der Waals surface area contributed by atoms with Crippen LogP contribution in [0.5, 0.6) is 0 Å². The normalized spacial score (nSPS) is 30.4. The van der Waals surface area contributed by atoms with E-state index in [9.17, 15) is 4.79 Å². The van der Waals surface area contributed by atoms with Gasteiger partial charge in [-0.05, 0) is 0 Å². The standard InChI is InChI=1S/C7H13ClN2O/c1-5(11)10-3-6-2-9-4-7(6)8/h6-7,9H,2-4H2,1H3,(H,10,11)/t6-,7+/m1/s1. The van der Waals surface area contributed by atoms with Gasteiger partial charge in [-0.1, -0.05) is 0 Å². The van der Waals surface area contributed by atoms with Crippen LogP contribution in [-0.4, -0.2) is 30.9 Å². The van der Waals surface area contributed by atoms with E-state index >= 15 is 0 Å². The van der Waals surface area contributed by atoms with Gasteiger partial charge in [-0.15, -0.1) is 11.6 Å². The lowest BCUT2D eigenvalue weighted by Crippen LogP contribution is -2.31. The number of carbonyl (C=O) groups excluding carboxylic acids is 1. The van der Waals surface area contributed by atoms with E-state index in [1.165, 1.54) is 6.92 Å². The Morgan fingerprint density at radius 2 is 2.45 bits per heavy atom. The second-order valence-electron chi connectivity index (χ2n) is 2.87. The summed E-state index contributed by atoms with van der Waals surface area (Å²) in [7, 11) is 0. The molecule has 1 fully saturated rings. The van der Waals surface area contributed by atoms with Crippen molar-refractivity contribution in [3.8, 4) is 0 Å². The molecule has 0 unspecified atom stereocenters. The highest BCUT2D eigenvalue weighted by molar-refractivity contribution is 6.21. The molecule has 1 rings (SSSR count). The van der Waals surface area contributed by atoms with Gasteiger partial charge >= 0.3 is 0 Å². The summed E-state index contributed by atoms with van der Waals surface area (Å²) in [5, 5.41) is 6.09. The maximum atomic E-state index is 10.5. The number of halogens is 1. The van der Waals surface area contributed by atoms with Gasteiger partial charge < -0.3 is 10.6 Å². The van der Waals surface area contributed by atoms with Crippen LogP contribution in [0, 0.1) is 5.92 Å². The lowest BCUT2D eigenvalue weighted by Gasteiger charge is -2.11.